The van der Waals surface area contributed by atoms with Crippen LogP contribution in [-0.2, 0) is 14.3 Å². The average molecular weight is 492 g/mol. The van der Waals surface area contributed by atoms with E-state index in [4.69, 9.17) is 4.74 Å². The van der Waals surface area contributed by atoms with Gasteiger partial charge in [-0.05, 0) is 46.1 Å². The van der Waals surface area contributed by atoms with Crippen molar-refractivity contribution >= 4 is 17.9 Å². The van der Waals surface area contributed by atoms with Crippen LogP contribution in [0, 0.1) is 6.92 Å². The molecule has 2 unspecified atom stereocenters. The summed E-state index contributed by atoms with van der Waals surface area (Å²) >= 11 is 0. The van der Waals surface area contributed by atoms with Gasteiger partial charge < -0.3 is 25.4 Å². The summed E-state index contributed by atoms with van der Waals surface area (Å²) in [5.74, 6) is -0.796. The molecule has 0 bridgehead atoms. The summed E-state index contributed by atoms with van der Waals surface area (Å²) in [6.45, 7) is 11.5. The fourth-order valence-electron chi connectivity index (χ4n) is 3.73. The Morgan fingerprint density at radius 2 is 1.71 bits per heavy atom. The molecule has 198 valence electrons. The SMILES string of the molecule is CCCCCNC(=O)C(c1cccc(C)c1)N(CCCCC)C(=O)C(CO)NC(=O)OC(C)(C)C. The summed E-state index contributed by atoms with van der Waals surface area (Å²) in [6.07, 6.45) is 4.61. The maximum absolute atomic E-state index is 13.7. The number of aliphatic hydroxyl groups is 1. The maximum atomic E-state index is 13.7. The fourth-order valence-corrected chi connectivity index (χ4v) is 3.73. The lowest BCUT2D eigenvalue weighted by molar-refractivity contribution is -0.143. The highest BCUT2D eigenvalue weighted by Crippen LogP contribution is 2.24. The Bertz CT molecular complexity index is 806. The molecular weight excluding hydrogens is 446 g/mol. The van der Waals surface area contributed by atoms with Crippen molar-refractivity contribution in [3.63, 3.8) is 0 Å². The molecule has 1 aromatic carbocycles. The standard InChI is InChI=1S/C27H45N3O5/c1-7-9-11-16-28-24(32)23(21-15-13-14-20(3)18-21)30(17-12-10-8-2)25(33)22(19-31)29-26(34)35-27(4,5)6/h13-15,18,22-23,31H,7-12,16-17,19H2,1-6H3,(H,28,32)(H,29,34). The van der Waals surface area contributed by atoms with E-state index in [1.165, 1.54) is 4.90 Å². The third-order valence-electron chi connectivity index (χ3n) is 5.45. The van der Waals surface area contributed by atoms with Crippen LogP contribution in [0.2, 0.25) is 0 Å². The highest BCUT2D eigenvalue weighted by Gasteiger charge is 2.35. The van der Waals surface area contributed by atoms with Gasteiger partial charge in [0.05, 0.1) is 6.61 Å². The van der Waals surface area contributed by atoms with Crippen molar-refractivity contribution < 1.29 is 24.2 Å². The molecule has 0 saturated carbocycles. The second-order valence-electron chi connectivity index (χ2n) is 9.93. The first-order valence-electron chi connectivity index (χ1n) is 12.8. The van der Waals surface area contributed by atoms with Crippen molar-refractivity contribution in [1.29, 1.82) is 0 Å². The first-order valence-corrected chi connectivity index (χ1v) is 12.8. The minimum absolute atomic E-state index is 0.273. The third kappa shape index (κ3) is 11.1. The number of ether oxygens (including phenoxy) is 1. The number of alkyl carbamates (subject to hydrolysis) is 1. The van der Waals surface area contributed by atoms with Crippen LogP contribution in [0.3, 0.4) is 0 Å². The summed E-state index contributed by atoms with van der Waals surface area (Å²) in [6, 6.07) is 5.41. The van der Waals surface area contributed by atoms with Crippen LogP contribution in [0.25, 0.3) is 0 Å². The van der Waals surface area contributed by atoms with Gasteiger partial charge in [0.2, 0.25) is 11.8 Å². The van der Waals surface area contributed by atoms with Gasteiger partial charge >= 0.3 is 6.09 Å². The normalized spacial score (nSPS) is 13.0. The molecular formula is C27H45N3O5. The topological polar surface area (TPSA) is 108 Å². The molecule has 0 aromatic heterocycles. The van der Waals surface area contributed by atoms with Gasteiger partial charge in [0, 0.05) is 13.1 Å². The predicted octanol–water partition coefficient (Wildman–Crippen LogP) is 4.25. The van der Waals surface area contributed by atoms with Crippen molar-refractivity contribution in [3.8, 4) is 0 Å². The molecule has 1 aromatic rings. The summed E-state index contributed by atoms with van der Waals surface area (Å²) in [7, 11) is 0. The number of unbranched alkanes of at least 4 members (excludes halogenated alkanes) is 4. The molecule has 0 spiro atoms. The van der Waals surface area contributed by atoms with Crippen LogP contribution in [-0.4, -0.2) is 59.3 Å². The van der Waals surface area contributed by atoms with Crippen molar-refractivity contribution in [2.75, 3.05) is 19.7 Å². The van der Waals surface area contributed by atoms with Gasteiger partial charge in [0.25, 0.3) is 0 Å². The molecule has 0 aliphatic heterocycles. The van der Waals surface area contributed by atoms with Crippen LogP contribution in [0.5, 0.6) is 0 Å². The van der Waals surface area contributed by atoms with Crippen molar-refractivity contribution in [2.24, 2.45) is 0 Å². The maximum Gasteiger partial charge on any atom is 0.408 e. The third-order valence-corrected chi connectivity index (χ3v) is 5.45. The lowest BCUT2D eigenvalue weighted by atomic mass is 10.00. The number of aryl methyl sites for hydroxylation is 1. The minimum Gasteiger partial charge on any atom is -0.444 e. The van der Waals surface area contributed by atoms with Gasteiger partial charge in [0.1, 0.15) is 17.7 Å². The monoisotopic (exact) mass is 491 g/mol. The Kier molecular flexibility index (Phi) is 13.4. The van der Waals surface area contributed by atoms with E-state index in [1.807, 2.05) is 31.2 Å². The molecule has 8 nitrogen and oxygen atoms in total. The molecule has 3 N–H and O–H groups in total. The molecule has 35 heavy (non-hydrogen) atoms. The number of hydrogen-bond donors (Lipinski definition) is 3. The predicted molar refractivity (Wildman–Crippen MR) is 138 cm³/mol. The number of carbonyl (C=O) groups is 3. The van der Waals surface area contributed by atoms with Crippen LogP contribution in [0.15, 0.2) is 24.3 Å². The number of benzene rings is 1. The van der Waals surface area contributed by atoms with Gasteiger partial charge in [0.15, 0.2) is 0 Å². The Morgan fingerprint density at radius 1 is 1.06 bits per heavy atom. The Labute approximate surface area is 210 Å². The van der Waals surface area contributed by atoms with Crippen molar-refractivity contribution in [2.45, 2.75) is 97.8 Å². The second-order valence-corrected chi connectivity index (χ2v) is 9.93. The number of hydrogen-bond acceptors (Lipinski definition) is 5. The Balaban J connectivity index is 3.30. The highest BCUT2D eigenvalue weighted by atomic mass is 16.6. The van der Waals surface area contributed by atoms with Crippen LogP contribution in [0.4, 0.5) is 4.79 Å². The lowest BCUT2D eigenvalue weighted by Crippen LogP contribution is -2.54. The van der Waals surface area contributed by atoms with Gasteiger partial charge in [-0.1, -0.05) is 69.4 Å². The summed E-state index contributed by atoms with van der Waals surface area (Å²) in [4.78, 5) is 40.9. The number of amides is 3. The van der Waals surface area contributed by atoms with E-state index in [1.54, 1.807) is 20.8 Å². The van der Waals surface area contributed by atoms with E-state index >= 15 is 0 Å². The zero-order valence-corrected chi connectivity index (χ0v) is 22.4. The second kappa shape index (κ2) is 15.4. The van der Waals surface area contributed by atoms with Crippen LogP contribution >= 0.6 is 0 Å². The molecule has 0 heterocycles. The smallest absolute Gasteiger partial charge is 0.408 e. The highest BCUT2D eigenvalue weighted by molar-refractivity contribution is 5.92. The van der Waals surface area contributed by atoms with E-state index in [0.29, 0.717) is 25.1 Å². The van der Waals surface area contributed by atoms with Gasteiger partial charge in [-0.3, -0.25) is 9.59 Å². The average Bonchev–Trinajstić information content (AvgIpc) is 2.78. The van der Waals surface area contributed by atoms with E-state index in [-0.39, 0.29) is 5.91 Å². The van der Waals surface area contributed by atoms with Gasteiger partial charge in [-0.25, -0.2) is 4.79 Å². The zero-order valence-electron chi connectivity index (χ0n) is 22.4. The molecule has 0 radical (unpaired) electrons. The molecule has 0 fully saturated rings. The first kappa shape index (κ1) is 30.4. The van der Waals surface area contributed by atoms with E-state index in [0.717, 1.165) is 37.7 Å². The van der Waals surface area contributed by atoms with E-state index in [2.05, 4.69) is 24.5 Å². The first-order chi connectivity index (χ1) is 16.5. The summed E-state index contributed by atoms with van der Waals surface area (Å²) < 4.78 is 5.27. The minimum atomic E-state index is -1.23. The molecule has 1 rings (SSSR count). The number of nitrogens with zero attached hydrogens (tertiary/aromatic N) is 1. The van der Waals surface area contributed by atoms with Gasteiger partial charge in [-0.2, -0.15) is 0 Å². The molecule has 0 saturated heterocycles. The van der Waals surface area contributed by atoms with Crippen molar-refractivity contribution in [3.05, 3.63) is 35.4 Å². The summed E-state index contributed by atoms with van der Waals surface area (Å²) in [5.41, 5.74) is 0.908. The Morgan fingerprint density at radius 3 is 2.29 bits per heavy atom. The number of carbonyl (C=O) groups excluding carboxylic acids is 3. The van der Waals surface area contributed by atoms with Gasteiger partial charge in [-0.15, -0.1) is 0 Å². The van der Waals surface area contributed by atoms with Crippen LogP contribution in [0.1, 0.15) is 90.3 Å². The largest absolute Gasteiger partial charge is 0.444 e. The fraction of sp³-hybridized carbons (Fsp3) is 0.667. The zero-order chi connectivity index (χ0) is 26.4. The van der Waals surface area contributed by atoms with E-state index in [9.17, 15) is 19.5 Å². The van der Waals surface area contributed by atoms with E-state index < -0.39 is 36.3 Å². The molecule has 2 atom stereocenters. The Hall–Kier alpha value is -2.61. The molecule has 0 aliphatic rings. The summed E-state index contributed by atoms with van der Waals surface area (Å²) in [5, 5.41) is 15.4. The quantitative estimate of drug-likeness (QED) is 0.337. The van der Waals surface area contributed by atoms with Crippen LogP contribution < -0.4 is 10.6 Å². The lowest BCUT2D eigenvalue weighted by Gasteiger charge is -2.34. The molecule has 0 aliphatic carbocycles. The molecule has 8 heteroatoms. The number of aliphatic hydroxyl groups excluding tert-OH is 1. The molecule has 3 amide bonds. The number of rotatable bonds is 14. The number of nitrogens with one attached hydrogen (secondary N) is 2. The van der Waals surface area contributed by atoms with Crippen molar-refractivity contribution in [1.82, 2.24) is 15.5 Å².